The minimum Gasteiger partial charge on any atom is -0.294 e. The molecule has 0 unspecified atom stereocenters. The molecule has 0 aliphatic heterocycles. The Morgan fingerprint density at radius 2 is 1.82 bits per heavy atom. The van der Waals surface area contributed by atoms with Crippen LogP contribution in [0, 0.1) is 22.9 Å². The van der Waals surface area contributed by atoms with Crippen molar-refractivity contribution in [1.29, 1.82) is 0 Å². The van der Waals surface area contributed by atoms with Crippen LogP contribution in [-0.4, -0.2) is 14.5 Å². The number of nitrogens with zero attached hydrogens (tertiary/aromatic N) is 3. The lowest BCUT2D eigenvalue weighted by Crippen LogP contribution is -2.21. The summed E-state index contributed by atoms with van der Waals surface area (Å²) in [4.78, 5) is 29.4. The first-order valence-corrected chi connectivity index (χ1v) is 9.23. The van der Waals surface area contributed by atoms with Crippen LogP contribution < -0.4 is 5.56 Å². The van der Waals surface area contributed by atoms with E-state index in [1.165, 1.54) is 46.5 Å². The van der Waals surface area contributed by atoms with Crippen molar-refractivity contribution in [2.45, 2.75) is 13.5 Å². The Labute approximate surface area is 162 Å². The van der Waals surface area contributed by atoms with E-state index < -0.39 is 4.92 Å². The number of nitro benzene ring substituents is 1. The Hall–Kier alpha value is -3.39. The fourth-order valence-corrected chi connectivity index (χ4v) is 4.14. The highest BCUT2D eigenvalue weighted by Crippen LogP contribution is 2.35. The lowest BCUT2D eigenvalue weighted by atomic mass is 10.0. The number of benzene rings is 2. The molecule has 2 aromatic carbocycles. The van der Waals surface area contributed by atoms with Gasteiger partial charge in [-0.1, -0.05) is 24.3 Å². The van der Waals surface area contributed by atoms with Crippen LogP contribution in [0.1, 0.15) is 10.4 Å². The number of nitro groups is 1. The summed E-state index contributed by atoms with van der Waals surface area (Å²) in [5.41, 5.74) is 2.07. The number of aryl methyl sites for hydroxylation is 1. The summed E-state index contributed by atoms with van der Waals surface area (Å²) in [5, 5.41) is 11.3. The van der Waals surface area contributed by atoms with E-state index in [0.29, 0.717) is 10.2 Å². The van der Waals surface area contributed by atoms with Crippen LogP contribution in [0.4, 0.5) is 10.1 Å². The van der Waals surface area contributed by atoms with Gasteiger partial charge >= 0.3 is 0 Å². The fourth-order valence-electron chi connectivity index (χ4n) is 3.13. The topological polar surface area (TPSA) is 78.0 Å². The smallest absolute Gasteiger partial charge is 0.269 e. The van der Waals surface area contributed by atoms with Crippen molar-refractivity contribution in [3.63, 3.8) is 0 Å². The van der Waals surface area contributed by atoms with E-state index in [2.05, 4.69) is 4.98 Å². The summed E-state index contributed by atoms with van der Waals surface area (Å²) >= 11 is 1.42. The van der Waals surface area contributed by atoms with Gasteiger partial charge in [0.1, 0.15) is 10.6 Å². The van der Waals surface area contributed by atoms with E-state index in [-0.39, 0.29) is 23.6 Å². The quantitative estimate of drug-likeness (QED) is 0.376. The second-order valence-electron chi connectivity index (χ2n) is 6.32. The summed E-state index contributed by atoms with van der Waals surface area (Å²) < 4.78 is 14.8. The first-order chi connectivity index (χ1) is 13.4. The Bertz CT molecular complexity index is 1240. The number of rotatable bonds is 4. The zero-order valence-corrected chi connectivity index (χ0v) is 15.6. The average molecular weight is 395 g/mol. The average Bonchev–Trinajstić information content (AvgIpc) is 3.02. The third-order valence-corrected chi connectivity index (χ3v) is 5.50. The van der Waals surface area contributed by atoms with Crippen molar-refractivity contribution in [2.24, 2.45) is 0 Å². The van der Waals surface area contributed by atoms with E-state index in [1.807, 2.05) is 6.92 Å². The number of fused-ring (bicyclic) bond motifs is 1. The molecule has 4 aromatic rings. The third kappa shape index (κ3) is 3.18. The Morgan fingerprint density at radius 3 is 2.46 bits per heavy atom. The van der Waals surface area contributed by atoms with Crippen LogP contribution in [0.25, 0.3) is 21.3 Å². The summed E-state index contributed by atoms with van der Waals surface area (Å²) in [7, 11) is 0. The predicted molar refractivity (Wildman–Crippen MR) is 106 cm³/mol. The Balaban J connectivity index is 1.80. The number of aromatic nitrogens is 2. The van der Waals surface area contributed by atoms with Crippen molar-refractivity contribution in [3.8, 4) is 11.1 Å². The minimum atomic E-state index is -0.466. The molecule has 0 radical (unpaired) electrons. The lowest BCUT2D eigenvalue weighted by molar-refractivity contribution is -0.384. The van der Waals surface area contributed by atoms with E-state index >= 15 is 0 Å². The number of hydrogen-bond donors (Lipinski definition) is 0. The van der Waals surface area contributed by atoms with Gasteiger partial charge in [0.15, 0.2) is 0 Å². The van der Waals surface area contributed by atoms with Crippen molar-refractivity contribution < 1.29 is 9.31 Å². The van der Waals surface area contributed by atoms with Crippen molar-refractivity contribution in [3.05, 3.63) is 91.6 Å². The molecule has 0 saturated carbocycles. The first-order valence-electron chi connectivity index (χ1n) is 8.42. The van der Waals surface area contributed by atoms with Crippen molar-refractivity contribution >= 4 is 27.2 Å². The van der Waals surface area contributed by atoms with Gasteiger partial charge in [-0.15, -0.1) is 11.3 Å². The minimum absolute atomic E-state index is 0.00303. The molecule has 0 bridgehead atoms. The highest BCUT2D eigenvalue weighted by atomic mass is 32.1. The molecule has 2 heterocycles. The van der Waals surface area contributed by atoms with Crippen LogP contribution in [0.5, 0.6) is 0 Å². The summed E-state index contributed by atoms with van der Waals surface area (Å²) in [6.07, 6.45) is 1.48. The maximum absolute atomic E-state index is 13.3. The van der Waals surface area contributed by atoms with Crippen LogP contribution in [0.2, 0.25) is 0 Å². The van der Waals surface area contributed by atoms with Crippen LogP contribution in [0.15, 0.2) is 59.7 Å². The molecule has 0 amide bonds. The van der Waals surface area contributed by atoms with E-state index in [4.69, 9.17) is 0 Å². The fraction of sp³-hybridized carbons (Fsp3) is 0.100. The molecule has 0 N–H and O–H groups in total. The molecule has 28 heavy (non-hydrogen) atoms. The molecule has 0 saturated heterocycles. The van der Waals surface area contributed by atoms with Gasteiger partial charge < -0.3 is 0 Å². The van der Waals surface area contributed by atoms with Crippen LogP contribution in [-0.2, 0) is 6.54 Å². The molecule has 2 aromatic heterocycles. The molecule has 0 spiro atoms. The zero-order chi connectivity index (χ0) is 19.8. The molecule has 0 aliphatic rings. The highest BCUT2D eigenvalue weighted by Gasteiger charge is 2.17. The molecule has 0 atom stereocenters. The van der Waals surface area contributed by atoms with Crippen LogP contribution in [0.3, 0.4) is 0 Å². The second kappa shape index (κ2) is 6.97. The summed E-state index contributed by atoms with van der Waals surface area (Å²) in [6, 6.07) is 12.1. The second-order valence-corrected chi connectivity index (χ2v) is 7.52. The van der Waals surface area contributed by atoms with Gasteiger partial charge in [0.25, 0.3) is 11.2 Å². The number of hydrogen-bond acceptors (Lipinski definition) is 5. The molecule has 0 aliphatic carbocycles. The molecular weight excluding hydrogens is 381 g/mol. The maximum atomic E-state index is 13.3. The van der Waals surface area contributed by atoms with Gasteiger partial charge in [-0.3, -0.25) is 19.5 Å². The highest BCUT2D eigenvalue weighted by molar-refractivity contribution is 7.19. The Kier molecular flexibility index (Phi) is 4.48. The van der Waals surface area contributed by atoms with Gasteiger partial charge in [-0.05, 0) is 30.2 Å². The molecule has 6 nitrogen and oxygen atoms in total. The SMILES string of the molecule is Cc1sc2ncn(Cc3ccc([N+](=O)[O-])cc3)c(=O)c2c1-c1ccc(F)cc1. The van der Waals surface area contributed by atoms with Gasteiger partial charge in [-0.25, -0.2) is 9.37 Å². The van der Waals surface area contributed by atoms with Gasteiger partial charge in [0, 0.05) is 22.6 Å². The zero-order valence-electron chi connectivity index (χ0n) is 14.8. The predicted octanol–water partition coefficient (Wildman–Crippen LogP) is 4.53. The van der Waals surface area contributed by atoms with E-state index in [0.717, 1.165) is 21.6 Å². The Morgan fingerprint density at radius 1 is 1.14 bits per heavy atom. The maximum Gasteiger partial charge on any atom is 0.269 e. The summed E-state index contributed by atoms with van der Waals surface area (Å²) in [5.74, 6) is -0.338. The van der Waals surface area contributed by atoms with Gasteiger partial charge in [0.2, 0.25) is 0 Å². The van der Waals surface area contributed by atoms with Gasteiger partial charge in [-0.2, -0.15) is 0 Å². The first kappa shape index (κ1) is 18.0. The lowest BCUT2D eigenvalue weighted by Gasteiger charge is -2.07. The standard InChI is InChI=1S/C20H14FN3O3S/c1-12-17(14-4-6-15(21)7-5-14)18-19(28-12)22-11-23(20(18)25)10-13-2-8-16(9-3-13)24(26)27/h2-9,11H,10H2,1H3. The summed E-state index contributed by atoms with van der Waals surface area (Å²) in [6.45, 7) is 2.16. The largest absolute Gasteiger partial charge is 0.294 e. The van der Waals surface area contributed by atoms with E-state index in [9.17, 15) is 19.3 Å². The van der Waals surface area contributed by atoms with E-state index in [1.54, 1.807) is 24.3 Å². The van der Waals surface area contributed by atoms with Crippen molar-refractivity contribution in [1.82, 2.24) is 9.55 Å². The van der Waals surface area contributed by atoms with Crippen LogP contribution >= 0.6 is 11.3 Å². The number of halogens is 1. The third-order valence-electron chi connectivity index (χ3n) is 4.49. The number of thiophene rings is 1. The molecule has 140 valence electrons. The van der Waals surface area contributed by atoms with Crippen molar-refractivity contribution in [2.75, 3.05) is 0 Å². The molecule has 0 fully saturated rings. The molecule has 4 rings (SSSR count). The monoisotopic (exact) mass is 395 g/mol. The number of non-ortho nitro benzene ring substituents is 1. The normalized spacial score (nSPS) is 11.1. The molecule has 8 heteroatoms. The van der Waals surface area contributed by atoms with Gasteiger partial charge in [0.05, 0.1) is 23.2 Å². The molecular formula is C20H14FN3O3S.